The third kappa shape index (κ3) is 7.45. The van der Waals surface area contributed by atoms with Crippen LogP contribution >= 0.6 is 0 Å². The van der Waals surface area contributed by atoms with Gasteiger partial charge in [-0.25, -0.2) is 9.79 Å². The average Bonchev–Trinajstić information content (AvgIpc) is 2.89. The summed E-state index contributed by atoms with van der Waals surface area (Å²) in [5.41, 5.74) is 16.3. The molecule has 0 aromatic heterocycles. The molecule has 10 nitrogen and oxygen atoms in total. The van der Waals surface area contributed by atoms with Crippen LogP contribution in [0.1, 0.15) is 26.7 Å². The fraction of sp³-hybridized carbons (Fsp3) is 0.407. The number of aliphatic imine (C=N–C) groups is 2. The van der Waals surface area contributed by atoms with Crippen molar-refractivity contribution in [1.29, 1.82) is 5.41 Å². The van der Waals surface area contributed by atoms with E-state index in [2.05, 4.69) is 20.6 Å². The number of nitrogens with zero attached hydrogens (tertiary/aromatic N) is 4. The Morgan fingerprint density at radius 1 is 1.27 bits per heavy atom. The predicted octanol–water partition coefficient (Wildman–Crippen LogP) is 2.58. The zero-order valence-electron chi connectivity index (χ0n) is 22.2. The maximum atomic E-state index is 12.1. The number of piperidine rings is 1. The number of fused-ring (bicyclic) bond motifs is 1. The molecule has 0 aromatic carbocycles. The first-order valence-corrected chi connectivity index (χ1v) is 12.5. The molecular formula is C27H39N9O. The highest BCUT2D eigenvalue weighted by Gasteiger charge is 2.23. The summed E-state index contributed by atoms with van der Waals surface area (Å²) in [6.45, 7) is 6.24. The van der Waals surface area contributed by atoms with Crippen LogP contribution in [-0.4, -0.2) is 67.8 Å². The molecule has 0 aliphatic carbocycles. The van der Waals surface area contributed by atoms with Crippen molar-refractivity contribution >= 4 is 24.3 Å². The molecule has 37 heavy (non-hydrogen) atoms. The number of urea groups is 1. The van der Waals surface area contributed by atoms with Gasteiger partial charge in [0.05, 0.1) is 11.4 Å². The maximum Gasteiger partial charge on any atom is 0.319 e. The number of carbonyl (C=O) groups is 1. The van der Waals surface area contributed by atoms with Crippen molar-refractivity contribution in [2.75, 3.05) is 33.7 Å². The van der Waals surface area contributed by atoms with Gasteiger partial charge >= 0.3 is 6.03 Å². The second-order valence-corrected chi connectivity index (χ2v) is 9.76. The van der Waals surface area contributed by atoms with Crippen LogP contribution in [0.3, 0.4) is 0 Å². The van der Waals surface area contributed by atoms with Gasteiger partial charge in [-0.2, -0.15) is 0 Å². The minimum atomic E-state index is 0.0688. The molecule has 198 valence electrons. The molecule has 1 fully saturated rings. The number of amidine groups is 1. The van der Waals surface area contributed by atoms with E-state index >= 15 is 0 Å². The van der Waals surface area contributed by atoms with Gasteiger partial charge in [0.15, 0.2) is 0 Å². The van der Waals surface area contributed by atoms with Crippen molar-refractivity contribution < 1.29 is 4.79 Å². The summed E-state index contributed by atoms with van der Waals surface area (Å²) < 4.78 is 0. The highest BCUT2D eigenvalue weighted by atomic mass is 16.2. The van der Waals surface area contributed by atoms with Gasteiger partial charge in [-0.15, -0.1) is 0 Å². The monoisotopic (exact) mass is 505 g/mol. The summed E-state index contributed by atoms with van der Waals surface area (Å²) in [4.78, 5) is 24.8. The maximum absolute atomic E-state index is 12.1. The number of hydrogen-bond acceptors (Lipinski definition) is 7. The number of likely N-dealkylation sites (tertiary alicyclic amines) is 1. The van der Waals surface area contributed by atoms with E-state index in [1.165, 1.54) is 6.21 Å². The molecule has 0 spiro atoms. The standard InChI is InChI=1S/C27H39N9O/c1-18(2)20(13-28)12-25(30)34-26-6-5-23-24(33-26)11-21(17-32-23)22(14-29)16-31-15-19-7-9-36(10-8-19)27(37)35(3)4/h5-6,11-14,16-19,28,32-33H,7-10,15,29H2,1-4H3,(H2,30,34). The van der Waals surface area contributed by atoms with Gasteiger partial charge in [0.2, 0.25) is 0 Å². The van der Waals surface area contributed by atoms with E-state index in [1.807, 2.05) is 49.4 Å². The van der Waals surface area contributed by atoms with E-state index in [4.69, 9.17) is 16.9 Å². The van der Waals surface area contributed by atoms with E-state index in [0.29, 0.717) is 24.1 Å². The van der Waals surface area contributed by atoms with Crippen LogP contribution in [-0.2, 0) is 0 Å². The van der Waals surface area contributed by atoms with Gasteiger partial charge in [0.25, 0.3) is 0 Å². The molecule has 3 heterocycles. The highest BCUT2D eigenvalue weighted by molar-refractivity contribution is 5.97. The molecule has 10 heteroatoms. The molecule has 0 aromatic rings. The Bertz CT molecular complexity index is 1120. The van der Waals surface area contributed by atoms with Gasteiger partial charge in [0.1, 0.15) is 11.7 Å². The van der Waals surface area contributed by atoms with E-state index in [-0.39, 0.29) is 11.9 Å². The molecule has 0 atom stereocenters. The lowest BCUT2D eigenvalue weighted by molar-refractivity contribution is 0.148. The largest absolute Gasteiger partial charge is 0.404 e. The second-order valence-electron chi connectivity index (χ2n) is 9.76. The Balaban J connectivity index is 1.60. The Hall–Kier alpha value is -4.08. The van der Waals surface area contributed by atoms with E-state index in [1.54, 1.807) is 31.3 Å². The third-order valence-electron chi connectivity index (χ3n) is 6.42. The first-order chi connectivity index (χ1) is 17.7. The lowest BCUT2D eigenvalue weighted by Gasteiger charge is -2.33. The summed E-state index contributed by atoms with van der Waals surface area (Å²) in [7, 11) is 3.57. The van der Waals surface area contributed by atoms with Crippen molar-refractivity contribution in [2.45, 2.75) is 26.7 Å². The third-order valence-corrected chi connectivity index (χ3v) is 6.42. The Morgan fingerprint density at radius 2 is 2.00 bits per heavy atom. The number of amides is 2. The summed E-state index contributed by atoms with van der Waals surface area (Å²) >= 11 is 0. The fourth-order valence-electron chi connectivity index (χ4n) is 4.14. The molecule has 2 amide bonds. The second kappa shape index (κ2) is 12.8. The van der Waals surface area contributed by atoms with Crippen LogP contribution in [0, 0.1) is 17.2 Å². The number of dihydropyridines is 2. The molecule has 0 radical (unpaired) electrons. The first-order valence-electron chi connectivity index (χ1n) is 12.5. The van der Waals surface area contributed by atoms with Gasteiger partial charge in [0, 0.05) is 69.7 Å². The number of nitrogens with one attached hydrogen (secondary N) is 3. The van der Waals surface area contributed by atoms with Crippen LogP contribution in [0.5, 0.6) is 0 Å². The lowest BCUT2D eigenvalue weighted by atomic mass is 9.97. The quantitative estimate of drug-likeness (QED) is 0.254. The molecule has 1 saturated heterocycles. The first kappa shape index (κ1) is 27.5. The average molecular weight is 506 g/mol. The van der Waals surface area contributed by atoms with Crippen LogP contribution in [0.2, 0.25) is 0 Å². The summed E-state index contributed by atoms with van der Waals surface area (Å²) in [6.07, 6.45) is 15.9. The number of nitrogens with two attached hydrogens (primary N) is 2. The fourth-order valence-corrected chi connectivity index (χ4v) is 4.14. The number of allylic oxidation sites excluding steroid dienone is 6. The Labute approximate surface area is 219 Å². The minimum Gasteiger partial charge on any atom is -0.404 e. The van der Waals surface area contributed by atoms with Gasteiger partial charge in [-0.1, -0.05) is 13.8 Å². The zero-order chi connectivity index (χ0) is 26.9. The SMILES string of the molecule is CC(C)C(C=N)=CC(N)=NC1=CC=C2NC=C(C(C=NCC3CCN(C(=O)N(C)C)CC3)=CN)C=C2N1. The minimum absolute atomic E-state index is 0.0688. The van der Waals surface area contributed by atoms with Crippen LogP contribution in [0.4, 0.5) is 4.79 Å². The Morgan fingerprint density at radius 3 is 2.62 bits per heavy atom. The molecule has 3 aliphatic heterocycles. The van der Waals surface area contributed by atoms with Crippen molar-refractivity contribution in [3.05, 3.63) is 70.6 Å². The van der Waals surface area contributed by atoms with Crippen molar-refractivity contribution in [2.24, 2.45) is 33.3 Å². The molecular weight excluding hydrogens is 466 g/mol. The topological polar surface area (TPSA) is 148 Å². The normalized spacial score (nSPS) is 19.4. The van der Waals surface area contributed by atoms with Crippen LogP contribution in [0.15, 0.2) is 80.6 Å². The van der Waals surface area contributed by atoms with E-state index in [0.717, 1.165) is 54.0 Å². The van der Waals surface area contributed by atoms with Gasteiger partial charge in [-0.05, 0) is 54.6 Å². The van der Waals surface area contributed by atoms with Crippen molar-refractivity contribution in [1.82, 2.24) is 20.4 Å². The van der Waals surface area contributed by atoms with E-state index < -0.39 is 0 Å². The highest BCUT2D eigenvalue weighted by Crippen LogP contribution is 2.23. The predicted molar refractivity (Wildman–Crippen MR) is 151 cm³/mol. The number of hydrogen-bond donors (Lipinski definition) is 5. The molecule has 3 aliphatic rings. The summed E-state index contributed by atoms with van der Waals surface area (Å²) in [5, 5.41) is 14.1. The van der Waals surface area contributed by atoms with Crippen molar-refractivity contribution in [3.63, 3.8) is 0 Å². The van der Waals surface area contributed by atoms with E-state index in [9.17, 15) is 4.79 Å². The molecule has 7 N–H and O–H groups in total. The number of carbonyl (C=O) groups excluding carboxylic acids is 1. The van der Waals surface area contributed by atoms with Gasteiger partial charge < -0.3 is 37.3 Å². The molecule has 0 unspecified atom stereocenters. The summed E-state index contributed by atoms with van der Waals surface area (Å²) in [6, 6.07) is 0.0688. The molecule has 0 bridgehead atoms. The summed E-state index contributed by atoms with van der Waals surface area (Å²) in [5.74, 6) is 1.56. The van der Waals surface area contributed by atoms with Crippen molar-refractivity contribution in [3.8, 4) is 0 Å². The Kier molecular flexibility index (Phi) is 9.48. The number of rotatable bonds is 8. The zero-order valence-corrected chi connectivity index (χ0v) is 22.2. The van der Waals surface area contributed by atoms with Crippen LogP contribution < -0.4 is 22.1 Å². The molecule has 3 rings (SSSR count). The lowest BCUT2D eigenvalue weighted by Crippen LogP contribution is -2.44. The molecule has 0 saturated carbocycles. The smallest absolute Gasteiger partial charge is 0.319 e. The van der Waals surface area contributed by atoms with Crippen LogP contribution in [0.25, 0.3) is 0 Å². The van der Waals surface area contributed by atoms with Gasteiger partial charge in [-0.3, -0.25) is 4.99 Å².